The van der Waals surface area contributed by atoms with Gasteiger partial charge in [-0.15, -0.1) is 0 Å². The second kappa shape index (κ2) is 6.26. The lowest BCUT2D eigenvalue weighted by Crippen LogP contribution is -2.15. The van der Waals surface area contributed by atoms with Gasteiger partial charge >= 0.3 is 0 Å². The summed E-state index contributed by atoms with van der Waals surface area (Å²) >= 11 is 0. The third-order valence-electron chi connectivity index (χ3n) is 3.27. The Morgan fingerprint density at radius 1 is 1.29 bits per heavy atom. The third kappa shape index (κ3) is 3.95. The van der Waals surface area contributed by atoms with Crippen LogP contribution in [0.5, 0.6) is 5.75 Å². The normalized spacial score (nSPS) is 11.9. The standard InChI is InChI=1S/C16H19N3O2/c1-10(12-4-6-13(17)7-5-12)9-15(21)19-16-14(20)8-3-11(2)18-16/h3-8,10,20H,9,17H2,1-2H3,(H,18,19,21). The highest BCUT2D eigenvalue weighted by molar-refractivity contribution is 5.91. The maximum Gasteiger partial charge on any atom is 0.226 e. The van der Waals surface area contributed by atoms with Crippen molar-refractivity contribution in [3.63, 3.8) is 0 Å². The fourth-order valence-electron chi connectivity index (χ4n) is 2.04. The van der Waals surface area contributed by atoms with Gasteiger partial charge < -0.3 is 16.2 Å². The summed E-state index contributed by atoms with van der Waals surface area (Å²) in [5.41, 5.74) is 8.12. The van der Waals surface area contributed by atoms with E-state index in [-0.39, 0.29) is 23.4 Å². The van der Waals surface area contributed by atoms with Crippen LogP contribution in [-0.4, -0.2) is 16.0 Å². The predicted octanol–water partition coefficient (Wildman–Crippen LogP) is 2.81. The Hall–Kier alpha value is -2.56. The molecule has 110 valence electrons. The summed E-state index contributed by atoms with van der Waals surface area (Å²) in [6, 6.07) is 10.7. The molecule has 4 N–H and O–H groups in total. The summed E-state index contributed by atoms with van der Waals surface area (Å²) in [6.45, 7) is 3.76. The van der Waals surface area contributed by atoms with Gasteiger partial charge in [0.25, 0.3) is 0 Å². The Balaban J connectivity index is 2.01. The van der Waals surface area contributed by atoms with Crippen LogP contribution < -0.4 is 11.1 Å². The van der Waals surface area contributed by atoms with Crippen LogP contribution in [0.2, 0.25) is 0 Å². The van der Waals surface area contributed by atoms with Crippen LogP contribution in [0.1, 0.15) is 30.5 Å². The number of aromatic nitrogens is 1. The largest absolute Gasteiger partial charge is 0.504 e. The second-order valence-corrected chi connectivity index (χ2v) is 5.14. The molecule has 1 unspecified atom stereocenters. The molecule has 1 heterocycles. The number of nitrogens with zero attached hydrogens (tertiary/aromatic N) is 1. The number of nitrogens with two attached hydrogens (primary N) is 1. The molecule has 5 heteroatoms. The van der Waals surface area contributed by atoms with E-state index >= 15 is 0 Å². The van der Waals surface area contributed by atoms with E-state index in [1.807, 2.05) is 31.2 Å². The van der Waals surface area contributed by atoms with Crippen molar-refractivity contribution in [3.8, 4) is 5.75 Å². The summed E-state index contributed by atoms with van der Waals surface area (Å²) in [6.07, 6.45) is 0.305. The second-order valence-electron chi connectivity index (χ2n) is 5.14. The molecule has 1 amide bonds. The summed E-state index contributed by atoms with van der Waals surface area (Å²) in [4.78, 5) is 16.1. The van der Waals surface area contributed by atoms with Gasteiger partial charge in [-0.05, 0) is 42.7 Å². The van der Waals surface area contributed by atoms with Crippen LogP contribution in [0.25, 0.3) is 0 Å². The fraction of sp³-hybridized carbons (Fsp3) is 0.250. The minimum Gasteiger partial charge on any atom is -0.504 e. The molecule has 1 aromatic carbocycles. The van der Waals surface area contributed by atoms with Crippen molar-refractivity contribution < 1.29 is 9.90 Å². The Bertz CT molecular complexity index is 638. The van der Waals surface area contributed by atoms with Gasteiger partial charge in [0.15, 0.2) is 11.6 Å². The summed E-state index contributed by atoms with van der Waals surface area (Å²) in [5.74, 6) is 0.0314. The zero-order chi connectivity index (χ0) is 15.4. The Morgan fingerprint density at radius 3 is 2.62 bits per heavy atom. The molecule has 0 radical (unpaired) electrons. The maximum absolute atomic E-state index is 12.0. The van der Waals surface area contributed by atoms with E-state index in [2.05, 4.69) is 10.3 Å². The van der Waals surface area contributed by atoms with Gasteiger partial charge in [-0.1, -0.05) is 19.1 Å². The molecular weight excluding hydrogens is 266 g/mol. The van der Waals surface area contributed by atoms with Gasteiger partial charge in [0.2, 0.25) is 5.91 Å². The van der Waals surface area contributed by atoms with E-state index in [4.69, 9.17) is 5.73 Å². The number of rotatable bonds is 4. The van der Waals surface area contributed by atoms with Gasteiger partial charge in [0, 0.05) is 17.8 Å². The monoisotopic (exact) mass is 285 g/mol. The van der Waals surface area contributed by atoms with E-state index in [1.165, 1.54) is 6.07 Å². The van der Waals surface area contributed by atoms with Crippen LogP contribution in [0.15, 0.2) is 36.4 Å². The first-order valence-electron chi connectivity index (χ1n) is 6.77. The highest BCUT2D eigenvalue weighted by atomic mass is 16.3. The van der Waals surface area contributed by atoms with Crippen molar-refractivity contribution in [1.82, 2.24) is 4.98 Å². The summed E-state index contributed by atoms with van der Waals surface area (Å²) < 4.78 is 0. The predicted molar refractivity (Wildman–Crippen MR) is 83.2 cm³/mol. The molecular formula is C16H19N3O2. The van der Waals surface area contributed by atoms with Gasteiger partial charge in [0.1, 0.15) is 0 Å². The average Bonchev–Trinajstić information content (AvgIpc) is 2.43. The number of anilines is 2. The highest BCUT2D eigenvalue weighted by Gasteiger charge is 2.13. The molecule has 0 spiro atoms. The highest BCUT2D eigenvalue weighted by Crippen LogP contribution is 2.23. The van der Waals surface area contributed by atoms with Crippen LogP contribution in [0.3, 0.4) is 0 Å². The van der Waals surface area contributed by atoms with E-state index in [9.17, 15) is 9.90 Å². The molecule has 1 aromatic heterocycles. The van der Waals surface area contributed by atoms with Crippen molar-refractivity contribution in [2.24, 2.45) is 0 Å². The van der Waals surface area contributed by atoms with E-state index < -0.39 is 0 Å². The van der Waals surface area contributed by atoms with Crippen molar-refractivity contribution in [2.75, 3.05) is 11.1 Å². The molecule has 0 saturated carbocycles. The average molecular weight is 285 g/mol. The van der Waals surface area contributed by atoms with E-state index in [0.717, 1.165) is 11.3 Å². The molecule has 0 bridgehead atoms. The first-order valence-corrected chi connectivity index (χ1v) is 6.77. The molecule has 0 aliphatic rings. The van der Waals surface area contributed by atoms with Gasteiger partial charge in [-0.2, -0.15) is 0 Å². The smallest absolute Gasteiger partial charge is 0.226 e. The minimum absolute atomic E-state index is 0.0333. The fourth-order valence-corrected chi connectivity index (χ4v) is 2.04. The van der Waals surface area contributed by atoms with Gasteiger partial charge in [0.05, 0.1) is 0 Å². The Kier molecular flexibility index (Phi) is 4.42. The molecule has 0 saturated heterocycles. The lowest BCUT2D eigenvalue weighted by molar-refractivity contribution is -0.116. The lowest BCUT2D eigenvalue weighted by Gasteiger charge is -2.12. The van der Waals surface area contributed by atoms with Crippen molar-refractivity contribution in [1.29, 1.82) is 0 Å². The molecule has 0 aliphatic heterocycles. The summed E-state index contributed by atoms with van der Waals surface area (Å²) in [7, 11) is 0. The first kappa shape index (κ1) is 14.8. The zero-order valence-electron chi connectivity index (χ0n) is 12.1. The van der Waals surface area contributed by atoms with Crippen molar-refractivity contribution >= 4 is 17.4 Å². The van der Waals surface area contributed by atoms with Gasteiger partial charge in [-0.25, -0.2) is 4.98 Å². The Morgan fingerprint density at radius 2 is 1.95 bits per heavy atom. The number of amides is 1. The van der Waals surface area contributed by atoms with E-state index in [1.54, 1.807) is 13.0 Å². The van der Waals surface area contributed by atoms with Crippen molar-refractivity contribution in [3.05, 3.63) is 47.7 Å². The Labute approximate surface area is 123 Å². The molecule has 1 atom stereocenters. The third-order valence-corrected chi connectivity index (χ3v) is 3.27. The maximum atomic E-state index is 12.0. The number of nitrogen functional groups attached to an aromatic ring is 1. The number of benzene rings is 1. The van der Waals surface area contributed by atoms with Crippen LogP contribution >= 0.6 is 0 Å². The molecule has 2 rings (SSSR count). The van der Waals surface area contributed by atoms with Crippen LogP contribution in [-0.2, 0) is 4.79 Å². The molecule has 2 aromatic rings. The topological polar surface area (TPSA) is 88.2 Å². The summed E-state index contributed by atoms with van der Waals surface area (Å²) in [5, 5.41) is 12.3. The number of aromatic hydroxyl groups is 1. The first-order chi connectivity index (χ1) is 9.95. The number of carbonyl (C=O) groups is 1. The van der Waals surface area contributed by atoms with E-state index in [0.29, 0.717) is 12.1 Å². The van der Waals surface area contributed by atoms with Crippen molar-refractivity contribution in [2.45, 2.75) is 26.2 Å². The quantitative estimate of drug-likeness (QED) is 0.754. The molecule has 21 heavy (non-hydrogen) atoms. The van der Waals surface area contributed by atoms with Crippen LogP contribution in [0, 0.1) is 6.92 Å². The SMILES string of the molecule is Cc1ccc(O)c(NC(=O)CC(C)c2ccc(N)cc2)n1. The molecule has 0 fully saturated rings. The number of hydrogen-bond acceptors (Lipinski definition) is 4. The lowest BCUT2D eigenvalue weighted by atomic mass is 9.97. The molecule has 0 aliphatic carbocycles. The minimum atomic E-state index is -0.187. The molecule has 5 nitrogen and oxygen atoms in total. The number of nitrogens with one attached hydrogen (secondary N) is 1. The number of hydrogen-bond donors (Lipinski definition) is 3. The van der Waals surface area contributed by atoms with Gasteiger partial charge in [-0.3, -0.25) is 4.79 Å². The number of aryl methyl sites for hydroxylation is 1. The number of carbonyl (C=O) groups excluding carboxylic acids is 1. The van der Waals surface area contributed by atoms with Crippen LogP contribution in [0.4, 0.5) is 11.5 Å². The zero-order valence-corrected chi connectivity index (χ0v) is 12.1. The number of pyridine rings is 1.